The van der Waals surface area contributed by atoms with Crippen LogP contribution >= 0.6 is 11.3 Å². The first-order valence-electron chi connectivity index (χ1n) is 11.2. The molecule has 8 heteroatoms. The molecule has 3 amide bonds. The van der Waals surface area contributed by atoms with E-state index < -0.39 is 0 Å². The number of thiazole rings is 1. The van der Waals surface area contributed by atoms with E-state index in [9.17, 15) is 14.4 Å². The number of nitrogens with zero attached hydrogens (tertiary/aromatic N) is 3. The van der Waals surface area contributed by atoms with Gasteiger partial charge in [-0.15, -0.1) is 0 Å². The van der Waals surface area contributed by atoms with Gasteiger partial charge in [0, 0.05) is 25.0 Å². The fourth-order valence-electron chi connectivity index (χ4n) is 4.32. The summed E-state index contributed by atoms with van der Waals surface area (Å²) in [5, 5.41) is 0.620. The normalized spacial score (nSPS) is 18.5. The Bertz CT molecular complexity index is 1210. The first kappa shape index (κ1) is 21.7. The van der Waals surface area contributed by atoms with Crippen LogP contribution < -0.4 is 9.80 Å². The van der Waals surface area contributed by atoms with Gasteiger partial charge in [-0.1, -0.05) is 17.4 Å². The monoisotopic (exact) mass is 463 g/mol. The number of imide groups is 1. The molecule has 2 aliphatic rings. The van der Waals surface area contributed by atoms with E-state index in [1.54, 1.807) is 29.2 Å². The number of benzene rings is 2. The predicted molar refractivity (Wildman–Crippen MR) is 128 cm³/mol. The fourth-order valence-corrected chi connectivity index (χ4v) is 5.37. The first-order chi connectivity index (χ1) is 15.9. The SMILES string of the molecule is Cc1cc2nc(N(CC3CCCO3)C(=O)c3cccc(N4C(=O)CCC4=O)c3)sc2cc1C. The highest BCUT2D eigenvalue weighted by Gasteiger charge is 2.32. The Labute approximate surface area is 196 Å². The summed E-state index contributed by atoms with van der Waals surface area (Å²) in [6, 6.07) is 10.9. The third-order valence-corrected chi connectivity index (χ3v) is 7.32. The summed E-state index contributed by atoms with van der Waals surface area (Å²) in [4.78, 5) is 45.7. The molecule has 3 heterocycles. The molecule has 1 aromatic heterocycles. The zero-order chi connectivity index (χ0) is 23.1. The molecule has 0 radical (unpaired) electrons. The van der Waals surface area contributed by atoms with Crippen molar-refractivity contribution >= 4 is 50.1 Å². The van der Waals surface area contributed by atoms with E-state index >= 15 is 0 Å². The van der Waals surface area contributed by atoms with E-state index in [-0.39, 0.29) is 36.7 Å². The summed E-state index contributed by atoms with van der Waals surface area (Å²) in [6.45, 7) is 5.22. The average molecular weight is 464 g/mol. The number of aromatic nitrogens is 1. The molecule has 1 unspecified atom stereocenters. The van der Waals surface area contributed by atoms with Gasteiger partial charge in [-0.05, 0) is 68.1 Å². The molecular weight excluding hydrogens is 438 g/mol. The van der Waals surface area contributed by atoms with Gasteiger partial charge in [0.25, 0.3) is 5.91 Å². The van der Waals surface area contributed by atoms with Gasteiger partial charge in [-0.3, -0.25) is 24.2 Å². The third-order valence-electron chi connectivity index (χ3n) is 6.28. The van der Waals surface area contributed by atoms with Crippen molar-refractivity contribution in [3.8, 4) is 0 Å². The summed E-state index contributed by atoms with van der Waals surface area (Å²) < 4.78 is 6.85. The highest BCUT2D eigenvalue weighted by Crippen LogP contribution is 2.33. The van der Waals surface area contributed by atoms with Gasteiger partial charge in [0.15, 0.2) is 5.13 Å². The van der Waals surface area contributed by atoms with E-state index in [0.29, 0.717) is 29.5 Å². The summed E-state index contributed by atoms with van der Waals surface area (Å²) >= 11 is 1.48. The molecule has 7 nitrogen and oxygen atoms in total. The van der Waals surface area contributed by atoms with Gasteiger partial charge in [-0.2, -0.15) is 0 Å². The van der Waals surface area contributed by atoms with Crippen LogP contribution in [0.2, 0.25) is 0 Å². The summed E-state index contributed by atoms with van der Waals surface area (Å²) in [6.07, 6.45) is 2.22. The Morgan fingerprint density at radius 3 is 2.64 bits per heavy atom. The number of hydrogen-bond acceptors (Lipinski definition) is 6. The molecule has 2 saturated heterocycles. The Morgan fingerprint density at radius 2 is 1.91 bits per heavy atom. The smallest absolute Gasteiger partial charge is 0.260 e. The minimum Gasteiger partial charge on any atom is -0.376 e. The van der Waals surface area contributed by atoms with Crippen molar-refractivity contribution in [2.75, 3.05) is 23.0 Å². The summed E-state index contributed by atoms with van der Waals surface area (Å²) in [7, 11) is 0. The Morgan fingerprint density at radius 1 is 1.15 bits per heavy atom. The predicted octanol–water partition coefficient (Wildman–Crippen LogP) is 4.39. The molecular formula is C25H25N3O4S. The molecule has 0 saturated carbocycles. The molecule has 0 spiro atoms. The van der Waals surface area contributed by atoms with Crippen LogP contribution in [0.1, 0.15) is 47.2 Å². The lowest BCUT2D eigenvalue weighted by atomic mass is 10.1. The quantitative estimate of drug-likeness (QED) is 0.524. The van der Waals surface area contributed by atoms with Crippen molar-refractivity contribution in [2.45, 2.75) is 45.6 Å². The lowest BCUT2D eigenvalue weighted by Gasteiger charge is -2.23. The van der Waals surface area contributed by atoms with Gasteiger partial charge < -0.3 is 4.74 Å². The third kappa shape index (κ3) is 4.16. The molecule has 2 aliphatic heterocycles. The van der Waals surface area contributed by atoms with Crippen molar-refractivity contribution in [1.29, 1.82) is 0 Å². The number of carbonyl (C=O) groups excluding carboxylic acids is 3. The fraction of sp³-hybridized carbons (Fsp3) is 0.360. The maximum atomic E-state index is 13.7. The second-order valence-corrected chi connectivity index (χ2v) is 9.63. The first-order valence-corrected chi connectivity index (χ1v) is 12.0. The van der Waals surface area contributed by atoms with Crippen molar-refractivity contribution in [3.05, 3.63) is 53.1 Å². The second-order valence-electron chi connectivity index (χ2n) is 8.62. The Hall–Kier alpha value is -3.10. The molecule has 1 atom stereocenters. The van der Waals surface area contributed by atoms with E-state index in [1.165, 1.54) is 21.8 Å². The van der Waals surface area contributed by atoms with Crippen molar-refractivity contribution in [1.82, 2.24) is 4.98 Å². The van der Waals surface area contributed by atoms with Crippen LogP contribution in [-0.2, 0) is 14.3 Å². The Balaban J connectivity index is 1.52. The minimum absolute atomic E-state index is 0.0469. The summed E-state index contributed by atoms with van der Waals surface area (Å²) in [5.74, 6) is -0.700. The van der Waals surface area contributed by atoms with E-state index in [0.717, 1.165) is 28.6 Å². The average Bonchev–Trinajstić information content (AvgIpc) is 3.53. The van der Waals surface area contributed by atoms with Gasteiger partial charge >= 0.3 is 0 Å². The molecule has 0 N–H and O–H groups in total. The number of anilines is 2. The maximum absolute atomic E-state index is 13.7. The number of rotatable bonds is 5. The van der Waals surface area contributed by atoms with E-state index in [1.807, 2.05) is 6.07 Å². The summed E-state index contributed by atoms with van der Waals surface area (Å²) in [5.41, 5.74) is 4.04. The van der Waals surface area contributed by atoms with Gasteiger partial charge in [0.05, 0.1) is 28.6 Å². The van der Waals surface area contributed by atoms with Crippen LogP contribution in [0.15, 0.2) is 36.4 Å². The largest absolute Gasteiger partial charge is 0.376 e. The van der Waals surface area contributed by atoms with E-state index in [4.69, 9.17) is 9.72 Å². The van der Waals surface area contributed by atoms with Crippen LogP contribution in [0, 0.1) is 13.8 Å². The van der Waals surface area contributed by atoms with Crippen LogP contribution in [0.4, 0.5) is 10.8 Å². The number of carbonyl (C=O) groups is 3. The standard InChI is InChI=1S/C25H25N3O4S/c1-15-11-20-21(12-16(15)2)33-25(26-20)27(14-19-7-4-10-32-19)24(31)17-5-3-6-18(13-17)28-22(29)8-9-23(28)30/h3,5-6,11-13,19H,4,7-10,14H2,1-2H3. The number of ether oxygens (including phenoxy) is 1. The highest BCUT2D eigenvalue weighted by atomic mass is 32.1. The van der Waals surface area contributed by atoms with Crippen molar-refractivity contribution in [3.63, 3.8) is 0 Å². The van der Waals surface area contributed by atoms with Crippen LogP contribution in [0.5, 0.6) is 0 Å². The minimum atomic E-state index is -0.238. The van der Waals surface area contributed by atoms with Gasteiger partial charge in [-0.25, -0.2) is 4.98 Å². The maximum Gasteiger partial charge on any atom is 0.260 e. The zero-order valence-corrected chi connectivity index (χ0v) is 19.5. The van der Waals surface area contributed by atoms with Gasteiger partial charge in [0.2, 0.25) is 11.8 Å². The Kier molecular flexibility index (Phi) is 5.72. The lowest BCUT2D eigenvalue weighted by Crippen LogP contribution is -2.37. The zero-order valence-electron chi connectivity index (χ0n) is 18.7. The molecule has 2 aromatic carbocycles. The molecule has 33 heavy (non-hydrogen) atoms. The molecule has 3 aromatic rings. The number of aryl methyl sites for hydroxylation is 2. The molecule has 0 aliphatic carbocycles. The van der Waals surface area contributed by atoms with E-state index in [2.05, 4.69) is 19.9 Å². The van der Waals surface area contributed by atoms with Crippen LogP contribution in [0.25, 0.3) is 10.2 Å². The molecule has 2 fully saturated rings. The number of hydrogen-bond donors (Lipinski definition) is 0. The molecule has 0 bridgehead atoms. The topological polar surface area (TPSA) is 79.8 Å². The molecule has 170 valence electrons. The highest BCUT2D eigenvalue weighted by molar-refractivity contribution is 7.22. The van der Waals surface area contributed by atoms with Crippen molar-refractivity contribution < 1.29 is 19.1 Å². The lowest BCUT2D eigenvalue weighted by molar-refractivity contribution is -0.121. The number of amides is 3. The van der Waals surface area contributed by atoms with Crippen LogP contribution in [0.3, 0.4) is 0 Å². The number of fused-ring (bicyclic) bond motifs is 1. The van der Waals surface area contributed by atoms with Crippen molar-refractivity contribution in [2.24, 2.45) is 0 Å². The molecule has 5 rings (SSSR count). The van der Waals surface area contributed by atoms with Gasteiger partial charge in [0.1, 0.15) is 0 Å². The second kappa shape index (κ2) is 8.68. The van der Waals surface area contributed by atoms with Crippen LogP contribution in [-0.4, -0.2) is 42.0 Å².